The summed E-state index contributed by atoms with van der Waals surface area (Å²) in [5, 5.41) is 5.93. The maximum Gasteiger partial charge on any atom is 0.224 e. The van der Waals surface area contributed by atoms with Crippen LogP contribution in [0.4, 0.5) is 8.78 Å². The fraction of sp³-hybridized carbons (Fsp3) is 0.462. The van der Waals surface area contributed by atoms with Crippen molar-refractivity contribution in [1.29, 1.82) is 0 Å². The van der Waals surface area contributed by atoms with E-state index in [9.17, 15) is 13.6 Å². The molecule has 1 heterocycles. The first-order valence-corrected chi connectivity index (χ1v) is 6.07. The number of amides is 1. The van der Waals surface area contributed by atoms with Crippen LogP contribution in [-0.4, -0.2) is 38.3 Å². The zero-order valence-electron chi connectivity index (χ0n) is 10.6. The molecule has 2 atom stereocenters. The van der Waals surface area contributed by atoms with Crippen molar-refractivity contribution in [3.05, 3.63) is 35.4 Å². The van der Waals surface area contributed by atoms with E-state index >= 15 is 0 Å². The Morgan fingerprint density at radius 3 is 2.89 bits per heavy atom. The second-order valence-electron chi connectivity index (χ2n) is 4.53. The summed E-state index contributed by atoms with van der Waals surface area (Å²) in [4.78, 5) is 11.8. The van der Waals surface area contributed by atoms with Crippen LogP contribution < -0.4 is 10.6 Å². The number of ether oxygens (including phenoxy) is 1. The van der Waals surface area contributed by atoms with Gasteiger partial charge in [0.25, 0.3) is 0 Å². The predicted molar refractivity (Wildman–Crippen MR) is 65.7 cm³/mol. The molecule has 0 aromatic heterocycles. The molecule has 0 bridgehead atoms. The fourth-order valence-corrected chi connectivity index (χ4v) is 2.14. The summed E-state index contributed by atoms with van der Waals surface area (Å²) in [5.41, 5.74) is 0.441. The van der Waals surface area contributed by atoms with E-state index in [0.717, 1.165) is 12.1 Å². The van der Waals surface area contributed by atoms with Crippen molar-refractivity contribution in [1.82, 2.24) is 10.6 Å². The number of methoxy groups -OCH3 is 1. The Hall–Kier alpha value is -1.53. The Balaban J connectivity index is 1.92. The molecule has 4 nitrogen and oxygen atoms in total. The van der Waals surface area contributed by atoms with Crippen molar-refractivity contribution < 1.29 is 18.3 Å². The smallest absolute Gasteiger partial charge is 0.224 e. The van der Waals surface area contributed by atoms with Gasteiger partial charge in [-0.1, -0.05) is 6.07 Å². The third-order valence-corrected chi connectivity index (χ3v) is 3.16. The van der Waals surface area contributed by atoms with Crippen LogP contribution in [0.5, 0.6) is 0 Å². The number of benzene rings is 1. The minimum atomic E-state index is -0.942. The lowest BCUT2D eigenvalue weighted by Gasteiger charge is -2.18. The molecule has 0 radical (unpaired) electrons. The summed E-state index contributed by atoms with van der Waals surface area (Å²) in [7, 11) is 1.59. The lowest BCUT2D eigenvalue weighted by molar-refractivity contribution is -0.121. The molecule has 1 unspecified atom stereocenters. The van der Waals surface area contributed by atoms with E-state index in [4.69, 9.17) is 4.74 Å². The Bertz CT molecular complexity index is 468. The maximum atomic E-state index is 13.0. The first kappa shape index (κ1) is 13.9. The molecule has 0 saturated carbocycles. The molecule has 1 amide bonds. The molecule has 1 aliphatic heterocycles. The molecular formula is C13H16F2N2O2. The lowest BCUT2D eigenvalue weighted by atomic mass is 10.1. The second kappa shape index (κ2) is 6.08. The highest BCUT2D eigenvalue weighted by molar-refractivity contribution is 5.79. The van der Waals surface area contributed by atoms with E-state index in [1.54, 1.807) is 7.11 Å². The first-order valence-electron chi connectivity index (χ1n) is 6.07. The summed E-state index contributed by atoms with van der Waals surface area (Å²) >= 11 is 0. The van der Waals surface area contributed by atoms with E-state index in [2.05, 4.69) is 10.6 Å². The largest absolute Gasteiger partial charge is 0.378 e. The van der Waals surface area contributed by atoms with Crippen LogP contribution in [0.25, 0.3) is 0 Å². The van der Waals surface area contributed by atoms with Gasteiger partial charge in [0.05, 0.1) is 18.6 Å². The summed E-state index contributed by atoms with van der Waals surface area (Å²) in [6, 6.07) is 3.37. The van der Waals surface area contributed by atoms with Crippen LogP contribution in [0.15, 0.2) is 18.2 Å². The van der Waals surface area contributed by atoms with E-state index in [1.165, 1.54) is 6.07 Å². The summed E-state index contributed by atoms with van der Waals surface area (Å²) in [6.07, 6.45) is -0.0432. The molecule has 1 aromatic rings. The zero-order valence-corrected chi connectivity index (χ0v) is 10.6. The number of carbonyl (C=O) groups is 1. The molecule has 0 spiro atoms. The molecule has 2 rings (SSSR count). The Morgan fingerprint density at radius 1 is 1.42 bits per heavy atom. The van der Waals surface area contributed by atoms with Crippen LogP contribution >= 0.6 is 0 Å². The second-order valence-corrected chi connectivity index (χ2v) is 4.53. The zero-order chi connectivity index (χ0) is 13.8. The third-order valence-electron chi connectivity index (χ3n) is 3.16. The van der Waals surface area contributed by atoms with Crippen molar-refractivity contribution in [3.8, 4) is 0 Å². The highest BCUT2D eigenvalue weighted by Crippen LogP contribution is 2.10. The third kappa shape index (κ3) is 3.48. The molecule has 0 aliphatic carbocycles. The number of nitrogens with one attached hydrogen (secondary N) is 2. The highest BCUT2D eigenvalue weighted by Gasteiger charge is 2.28. The van der Waals surface area contributed by atoms with Crippen LogP contribution in [0.1, 0.15) is 5.56 Å². The minimum Gasteiger partial charge on any atom is -0.378 e. The number of carbonyl (C=O) groups excluding carboxylic acids is 1. The van der Waals surface area contributed by atoms with Gasteiger partial charge in [0, 0.05) is 20.2 Å². The molecule has 19 heavy (non-hydrogen) atoms. The van der Waals surface area contributed by atoms with Gasteiger partial charge in [-0.05, 0) is 17.7 Å². The van der Waals surface area contributed by atoms with Gasteiger partial charge in [0.1, 0.15) is 0 Å². The normalized spacial score (nSPS) is 22.5. The number of hydrogen-bond acceptors (Lipinski definition) is 3. The van der Waals surface area contributed by atoms with Crippen molar-refractivity contribution in [2.45, 2.75) is 18.6 Å². The van der Waals surface area contributed by atoms with E-state index in [0.29, 0.717) is 18.7 Å². The molecule has 1 fully saturated rings. The van der Waals surface area contributed by atoms with Crippen molar-refractivity contribution in [2.24, 2.45) is 0 Å². The van der Waals surface area contributed by atoms with Gasteiger partial charge < -0.3 is 15.4 Å². The Kier molecular flexibility index (Phi) is 4.44. The number of rotatable bonds is 4. The standard InChI is InChI=1S/C13H16F2N2O2/c1-19-12-7-16-6-11(12)17-13(18)5-8-2-3-9(14)10(15)4-8/h2-4,11-12,16H,5-7H2,1H3,(H,17,18)/t11?,12-/m0/s1. The summed E-state index contributed by atoms with van der Waals surface area (Å²) < 4.78 is 31.0. The van der Waals surface area contributed by atoms with Gasteiger partial charge in [-0.15, -0.1) is 0 Å². The van der Waals surface area contributed by atoms with E-state index < -0.39 is 11.6 Å². The molecular weight excluding hydrogens is 254 g/mol. The Labute approximate surface area is 110 Å². The lowest BCUT2D eigenvalue weighted by Crippen LogP contribution is -2.44. The first-order chi connectivity index (χ1) is 9.10. The van der Waals surface area contributed by atoms with Crippen LogP contribution in [-0.2, 0) is 16.0 Å². The van der Waals surface area contributed by atoms with Crippen molar-refractivity contribution >= 4 is 5.91 Å². The van der Waals surface area contributed by atoms with Crippen LogP contribution in [0.2, 0.25) is 0 Å². The summed E-state index contributed by atoms with van der Waals surface area (Å²) in [5.74, 6) is -2.09. The highest BCUT2D eigenvalue weighted by atomic mass is 19.2. The van der Waals surface area contributed by atoms with E-state index in [1.807, 2.05) is 0 Å². The predicted octanol–water partition coefficient (Wildman–Crippen LogP) is 0.610. The van der Waals surface area contributed by atoms with Crippen LogP contribution in [0.3, 0.4) is 0 Å². The maximum absolute atomic E-state index is 13.0. The molecule has 1 saturated heterocycles. The van der Waals surface area contributed by atoms with Gasteiger partial charge in [0.2, 0.25) is 5.91 Å². The minimum absolute atomic E-state index is 0.0180. The van der Waals surface area contributed by atoms with Gasteiger partial charge in [-0.25, -0.2) is 8.78 Å². The quantitative estimate of drug-likeness (QED) is 0.843. The molecule has 104 valence electrons. The van der Waals surface area contributed by atoms with Crippen LogP contribution in [0, 0.1) is 11.6 Å². The van der Waals surface area contributed by atoms with Gasteiger partial charge in [0.15, 0.2) is 11.6 Å². The molecule has 6 heteroatoms. The molecule has 1 aliphatic rings. The average molecular weight is 270 g/mol. The van der Waals surface area contributed by atoms with Gasteiger partial charge in [-0.2, -0.15) is 0 Å². The van der Waals surface area contributed by atoms with E-state index in [-0.39, 0.29) is 24.5 Å². The average Bonchev–Trinajstić information content (AvgIpc) is 2.81. The van der Waals surface area contributed by atoms with Gasteiger partial charge in [-0.3, -0.25) is 4.79 Å². The van der Waals surface area contributed by atoms with Gasteiger partial charge >= 0.3 is 0 Å². The SMILES string of the molecule is CO[C@H]1CNCC1NC(=O)Cc1ccc(F)c(F)c1. The monoisotopic (exact) mass is 270 g/mol. The molecule has 1 aromatic carbocycles. The number of halogens is 2. The summed E-state index contributed by atoms with van der Waals surface area (Å²) in [6.45, 7) is 1.33. The Morgan fingerprint density at radius 2 is 2.21 bits per heavy atom. The fourth-order valence-electron chi connectivity index (χ4n) is 2.14. The number of hydrogen-bond donors (Lipinski definition) is 2. The van der Waals surface area contributed by atoms with Crippen molar-refractivity contribution in [3.63, 3.8) is 0 Å². The van der Waals surface area contributed by atoms with Crippen molar-refractivity contribution in [2.75, 3.05) is 20.2 Å². The molecule has 2 N–H and O–H groups in total. The topological polar surface area (TPSA) is 50.4 Å².